The lowest BCUT2D eigenvalue weighted by Gasteiger charge is -2.34. The smallest absolute Gasteiger partial charge is 0.266 e. The van der Waals surface area contributed by atoms with Crippen molar-refractivity contribution < 1.29 is 41.5 Å². The van der Waals surface area contributed by atoms with E-state index in [9.17, 15) is 36.8 Å². The Kier molecular flexibility index (Phi) is 15.0. The minimum Gasteiger partial charge on any atom is -0.491 e. The number of unbranched alkanes of at least 4 members (excludes halogenated alkanes) is 1. The van der Waals surface area contributed by atoms with Gasteiger partial charge >= 0.3 is 0 Å². The van der Waals surface area contributed by atoms with Gasteiger partial charge in [0.25, 0.3) is 17.7 Å². The minimum atomic E-state index is -3.44. The van der Waals surface area contributed by atoms with Crippen LogP contribution < -0.4 is 31.7 Å². The van der Waals surface area contributed by atoms with Gasteiger partial charge in [-0.25, -0.2) is 22.1 Å². The number of piperazine rings is 1. The van der Waals surface area contributed by atoms with E-state index < -0.39 is 51.4 Å². The van der Waals surface area contributed by atoms with Gasteiger partial charge in [0, 0.05) is 71.0 Å². The number of imide groups is 2. The lowest BCUT2D eigenvalue weighted by atomic mass is 10.0. The molecule has 7 rings (SSSR count). The Morgan fingerprint density at radius 3 is 2.40 bits per heavy atom. The van der Waals surface area contributed by atoms with Crippen LogP contribution in [-0.4, -0.2) is 157 Å². The fourth-order valence-electron chi connectivity index (χ4n) is 8.16. The quantitative estimate of drug-likeness (QED) is 0.0852. The van der Waals surface area contributed by atoms with Crippen LogP contribution in [0.15, 0.2) is 47.1 Å². The Balaban J connectivity index is 0.745. The molecule has 1 aromatic heterocycles. The molecule has 0 spiro atoms. The first-order valence-electron chi connectivity index (χ1n) is 21.0. The molecule has 1 unspecified atom stereocenters. The second kappa shape index (κ2) is 20.6. The molecule has 338 valence electrons. The van der Waals surface area contributed by atoms with Gasteiger partial charge in [0.05, 0.1) is 32.6 Å². The van der Waals surface area contributed by atoms with Crippen molar-refractivity contribution in [1.82, 2.24) is 39.6 Å². The summed E-state index contributed by atoms with van der Waals surface area (Å²) in [5, 5.41) is 11.7. The van der Waals surface area contributed by atoms with Crippen LogP contribution in [0.1, 0.15) is 69.6 Å². The molecular formula is C41H51BrFN11O8S. The molecule has 3 aromatic rings. The molecule has 0 radical (unpaired) electrons. The van der Waals surface area contributed by atoms with E-state index in [2.05, 4.69) is 57.0 Å². The van der Waals surface area contributed by atoms with Gasteiger partial charge in [0.2, 0.25) is 27.8 Å². The zero-order valence-electron chi connectivity index (χ0n) is 34.6. The number of carbonyl (C=O) groups excluding carboxylic acids is 5. The number of aromatic nitrogens is 2. The molecular weight excluding hydrogens is 905 g/mol. The number of nitrogens with one attached hydrogen (secondary N) is 4. The topological polar surface area (TPSA) is 242 Å². The number of primary amides is 1. The molecule has 0 bridgehead atoms. The van der Waals surface area contributed by atoms with Crippen LogP contribution in [0.5, 0.6) is 5.75 Å². The molecule has 3 saturated heterocycles. The van der Waals surface area contributed by atoms with E-state index in [1.54, 1.807) is 18.2 Å². The zero-order valence-corrected chi connectivity index (χ0v) is 37.0. The van der Waals surface area contributed by atoms with Crippen molar-refractivity contribution >= 4 is 72.9 Å². The number of nitrogens with two attached hydrogens (primary N) is 1. The number of sulfonamides is 1. The molecule has 63 heavy (non-hydrogen) atoms. The van der Waals surface area contributed by atoms with Crippen LogP contribution in [0.4, 0.5) is 21.8 Å². The number of fused-ring (bicyclic) bond motifs is 1. The fraction of sp³-hybridized carbons (Fsp3) is 0.488. The lowest BCUT2D eigenvalue weighted by molar-refractivity contribution is -0.136. The third kappa shape index (κ3) is 11.2. The number of hydrogen-bond donors (Lipinski definition) is 5. The molecule has 0 aliphatic carbocycles. The number of anilines is 3. The van der Waals surface area contributed by atoms with Gasteiger partial charge in [0.15, 0.2) is 0 Å². The Morgan fingerprint density at radius 2 is 1.67 bits per heavy atom. The first-order valence-corrected chi connectivity index (χ1v) is 23.4. The van der Waals surface area contributed by atoms with Gasteiger partial charge in [-0.15, -0.1) is 0 Å². The maximum Gasteiger partial charge on any atom is 0.266 e. The van der Waals surface area contributed by atoms with E-state index in [0.717, 1.165) is 56.5 Å². The number of ether oxygens (including phenoxy) is 1. The number of piperidine rings is 2. The van der Waals surface area contributed by atoms with E-state index >= 15 is 0 Å². The molecule has 5 amide bonds. The van der Waals surface area contributed by atoms with E-state index in [0.29, 0.717) is 74.2 Å². The molecule has 1 atom stereocenters. The first-order chi connectivity index (χ1) is 30.3. The zero-order chi connectivity index (χ0) is 44.7. The number of amides is 5. The largest absolute Gasteiger partial charge is 0.491 e. The molecule has 4 aliphatic rings. The van der Waals surface area contributed by atoms with Crippen molar-refractivity contribution in [3.8, 4) is 5.75 Å². The maximum atomic E-state index is 14.3. The highest BCUT2D eigenvalue weighted by molar-refractivity contribution is 9.10. The number of hydrogen-bond acceptors (Lipinski definition) is 15. The molecule has 22 heteroatoms. The molecule has 6 N–H and O–H groups in total. The van der Waals surface area contributed by atoms with Crippen molar-refractivity contribution in [2.45, 2.75) is 50.6 Å². The predicted molar refractivity (Wildman–Crippen MR) is 234 cm³/mol. The van der Waals surface area contributed by atoms with Crippen molar-refractivity contribution in [3.05, 3.63) is 69.6 Å². The molecule has 2 aromatic carbocycles. The molecule has 0 saturated carbocycles. The standard InChI is InChI=1S/C41H51BrFN11O8S/c42-28-25-46-41(50-37(28)48-30-7-4-6-29(43)35(30)36(44)56)47-26-11-16-53(17-12-26)63(60,61)24-14-45-13-1-2-15-51-18-20-52(21-19-51)22-23-62-32-8-3-5-27-34(32)40(59)54(39(27)58)31-9-10-33(55)49-38(31)57/h3-8,25-26,31,45H,1-2,9-24H2,(H2,44,56)(H,49,55,57)(H2,46,47,48,50). The SMILES string of the molecule is NC(=O)c1c(F)cccc1Nc1nc(NC2CCN(S(=O)(=O)CCNCCCCN3CCN(CCOc4cccc5c4C(=O)N(C4CCC(=O)NC4=O)C5=O)CC3)CC2)ncc1Br. The Labute approximate surface area is 372 Å². The summed E-state index contributed by atoms with van der Waals surface area (Å²) < 4.78 is 48.5. The van der Waals surface area contributed by atoms with Crippen LogP contribution in [0.25, 0.3) is 0 Å². The van der Waals surface area contributed by atoms with Gasteiger partial charge in [-0.05, 0) is 85.4 Å². The summed E-state index contributed by atoms with van der Waals surface area (Å²) in [6, 6.07) is 7.85. The average Bonchev–Trinajstić information content (AvgIpc) is 3.51. The van der Waals surface area contributed by atoms with Crippen LogP contribution in [-0.2, 0) is 19.6 Å². The normalized spacial score (nSPS) is 19.3. The van der Waals surface area contributed by atoms with Crippen LogP contribution in [0.2, 0.25) is 0 Å². The predicted octanol–water partition coefficient (Wildman–Crippen LogP) is 1.89. The summed E-state index contributed by atoms with van der Waals surface area (Å²) in [5.41, 5.74) is 5.59. The second-order valence-corrected chi connectivity index (χ2v) is 18.7. The van der Waals surface area contributed by atoms with Gasteiger partial charge in [-0.3, -0.25) is 39.1 Å². The molecule has 4 aliphatic heterocycles. The van der Waals surface area contributed by atoms with E-state index in [-0.39, 0.29) is 47.0 Å². The van der Waals surface area contributed by atoms with E-state index in [1.165, 1.54) is 22.6 Å². The Morgan fingerprint density at radius 1 is 0.937 bits per heavy atom. The summed E-state index contributed by atoms with van der Waals surface area (Å²) in [5.74, 6) is -3.01. The van der Waals surface area contributed by atoms with Crippen LogP contribution >= 0.6 is 15.9 Å². The average molecular weight is 957 g/mol. The third-order valence-corrected chi connectivity index (χ3v) is 14.1. The van der Waals surface area contributed by atoms with Gasteiger partial charge in [0.1, 0.15) is 30.0 Å². The highest BCUT2D eigenvalue weighted by Crippen LogP contribution is 2.34. The number of benzene rings is 2. The van der Waals surface area contributed by atoms with E-state index in [1.807, 2.05) is 0 Å². The molecule has 5 heterocycles. The van der Waals surface area contributed by atoms with Crippen molar-refractivity contribution in [3.63, 3.8) is 0 Å². The summed E-state index contributed by atoms with van der Waals surface area (Å²) in [4.78, 5) is 76.7. The van der Waals surface area contributed by atoms with E-state index in [4.69, 9.17) is 10.5 Å². The van der Waals surface area contributed by atoms with Crippen LogP contribution in [0, 0.1) is 5.82 Å². The van der Waals surface area contributed by atoms with Gasteiger partial charge < -0.3 is 31.3 Å². The van der Waals surface area contributed by atoms with Gasteiger partial charge in [-0.1, -0.05) is 12.1 Å². The molecule has 3 fully saturated rings. The summed E-state index contributed by atoms with van der Waals surface area (Å²) in [6.07, 6.45) is 4.67. The number of carbonyl (C=O) groups is 5. The number of rotatable bonds is 19. The van der Waals surface area contributed by atoms with Gasteiger partial charge in [-0.2, -0.15) is 4.98 Å². The number of halogens is 2. The maximum absolute atomic E-state index is 14.3. The Bertz CT molecular complexity index is 2330. The van der Waals surface area contributed by atoms with Crippen molar-refractivity contribution in [2.24, 2.45) is 5.73 Å². The van der Waals surface area contributed by atoms with Crippen LogP contribution in [0.3, 0.4) is 0 Å². The fourth-order valence-corrected chi connectivity index (χ4v) is 9.88. The first kappa shape index (κ1) is 45.9. The third-order valence-electron chi connectivity index (χ3n) is 11.6. The molecule has 19 nitrogen and oxygen atoms in total. The second-order valence-electron chi connectivity index (χ2n) is 15.8. The highest BCUT2D eigenvalue weighted by atomic mass is 79.9. The monoisotopic (exact) mass is 955 g/mol. The lowest BCUT2D eigenvalue weighted by Crippen LogP contribution is -2.54. The summed E-state index contributed by atoms with van der Waals surface area (Å²) in [6.45, 7) is 7.21. The van der Waals surface area contributed by atoms with Crippen molar-refractivity contribution in [2.75, 3.05) is 88.4 Å². The summed E-state index contributed by atoms with van der Waals surface area (Å²) in [7, 11) is -3.44. The van der Waals surface area contributed by atoms with Crippen molar-refractivity contribution in [1.29, 1.82) is 0 Å². The Hall–Kier alpha value is -5.13. The summed E-state index contributed by atoms with van der Waals surface area (Å²) >= 11 is 3.37. The number of nitrogens with zero attached hydrogens (tertiary/aromatic N) is 6. The highest BCUT2D eigenvalue weighted by Gasteiger charge is 2.46. The minimum absolute atomic E-state index is 0.0109.